The monoisotopic (exact) mass is 357 g/mol. The van der Waals surface area contributed by atoms with Crippen LogP contribution in [0.15, 0.2) is 36.4 Å². The number of fused-ring (bicyclic) bond motifs is 1. The zero-order valence-corrected chi connectivity index (χ0v) is 14.6. The standard InChI is InChI=1S/C19H23N3O4/c23-18(9-12-26-17-5-2-1-3-6-17)21-10-4-11-22-16(14-21)13-15(20-22)7-8-19(24)25/h1-3,5-6,13H,4,7-12,14H2,(H,24,25). The lowest BCUT2D eigenvalue weighted by Gasteiger charge is -2.20. The second kappa shape index (κ2) is 8.51. The Balaban J connectivity index is 1.54. The second-order valence-electron chi connectivity index (χ2n) is 6.32. The van der Waals surface area contributed by atoms with Crippen molar-refractivity contribution in [3.8, 4) is 5.75 Å². The topological polar surface area (TPSA) is 84.7 Å². The van der Waals surface area contributed by atoms with Gasteiger partial charge in [0, 0.05) is 19.5 Å². The molecule has 0 unspecified atom stereocenters. The van der Waals surface area contributed by atoms with E-state index >= 15 is 0 Å². The summed E-state index contributed by atoms with van der Waals surface area (Å²) in [6, 6.07) is 11.4. The number of hydrogen-bond acceptors (Lipinski definition) is 4. The number of hydrogen-bond donors (Lipinski definition) is 1. The van der Waals surface area contributed by atoms with Crippen molar-refractivity contribution in [1.82, 2.24) is 14.7 Å². The summed E-state index contributed by atoms with van der Waals surface area (Å²) in [6.45, 7) is 2.29. The maximum Gasteiger partial charge on any atom is 0.303 e. The number of amides is 1. The van der Waals surface area contributed by atoms with E-state index < -0.39 is 5.97 Å². The first-order chi connectivity index (χ1) is 12.6. The molecule has 1 aliphatic rings. The number of nitrogens with zero attached hydrogens (tertiary/aromatic N) is 3. The van der Waals surface area contributed by atoms with Crippen LogP contribution in [0.25, 0.3) is 0 Å². The molecule has 0 saturated carbocycles. The van der Waals surface area contributed by atoms with E-state index in [1.807, 2.05) is 46.0 Å². The molecule has 1 aromatic carbocycles. The van der Waals surface area contributed by atoms with Gasteiger partial charge in [0.2, 0.25) is 5.91 Å². The second-order valence-corrected chi connectivity index (χ2v) is 6.32. The van der Waals surface area contributed by atoms with E-state index in [1.165, 1.54) is 0 Å². The van der Waals surface area contributed by atoms with Crippen molar-refractivity contribution in [2.24, 2.45) is 0 Å². The molecule has 138 valence electrons. The summed E-state index contributed by atoms with van der Waals surface area (Å²) < 4.78 is 7.50. The van der Waals surface area contributed by atoms with E-state index in [4.69, 9.17) is 9.84 Å². The lowest BCUT2D eigenvalue weighted by Crippen LogP contribution is -2.31. The molecule has 0 atom stereocenters. The smallest absolute Gasteiger partial charge is 0.303 e. The van der Waals surface area contributed by atoms with Gasteiger partial charge in [0.25, 0.3) is 0 Å². The number of carboxylic acid groups (broad SMARTS) is 1. The predicted molar refractivity (Wildman–Crippen MR) is 94.8 cm³/mol. The molecule has 1 N–H and O–H groups in total. The van der Waals surface area contributed by atoms with Crippen molar-refractivity contribution >= 4 is 11.9 Å². The van der Waals surface area contributed by atoms with Crippen molar-refractivity contribution < 1.29 is 19.4 Å². The van der Waals surface area contributed by atoms with E-state index in [2.05, 4.69) is 5.10 Å². The van der Waals surface area contributed by atoms with Crippen LogP contribution in [0.1, 0.15) is 30.7 Å². The van der Waals surface area contributed by atoms with Gasteiger partial charge in [-0.1, -0.05) is 18.2 Å². The summed E-state index contributed by atoms with van der Waals surface area (Å²) in [5.41, 5.74) is 1.73. The Morgan fingerprint density at radius 3 is 2.73 bits per heavy atom. The van der Waals surface area contributed by atoms with Gasteiger partial charge in [0.15, 0.2) is 0 Å². The molecule has 0 spiro atoms. The van der Waals surface area contributed by atoms with Crippen LogP contribution in [0, 0.1) is 0 Å². The van der Waals surface area contributed by atoms with Crippen molar-refractivity contribution in [3.63, 3.8) is 0 Å². The Hall–Kier alpha value is -2.83. The third kappa shape index (κ3) is 4.84. The van der Waals surface area contributed by atoms with Gasteiger partial charge in [-0.25, -0.2) is 0 Å². The Kier molecular flexibility index (Phi) is 5.88. The summed E-state index contributed by atoms with van der Waals surface area (Å²) in [7, 11) is 0. The highest BCUT2D eigenvalue weighted by Gasteiger charge is 2.20. The number of aliphatic carboxylic acids is 1. The number of para-hydroxylation sites is 1. The number of benzene rings is 1. The van der Waals surface area contributed by atoms with Gasteiger partial charge in [-0.15, -0.1) is 0 Å². The predicted octanol–water partition coefficient (Wildman–Crippen LogP) is 2.10. The summed E-state index contributed by atoms with van der Waals surface area (Å²) in [6.07, 6.45) is 1.64. The molecular weight excluding hydrogens is 334 g/mol. The fourth-order valence-electron chi connectivity index (χ4n) is 3.02. The number of aromatic nitrogens is 2. The minimum atomic E-state index is -0.830. The number of carbonyl (C=O) groups is 2. The number of aryl methyl sites for hydroxylation is 2. The van der Waals surface area contributed by atoms with Crippen molar-refractivity contribution in [2.75, 3.05) is 13.2 Å². The fourth-order valence-corrected chi connectivity index (χ4v) is 3.02. The number of rotatable bonds is 7. The molecule has 2 aromatic rings. The van der Waals surface area contributed by atoms with Crippen LogP contribution in [0.2, 0.25) is 0 Å². The summed E-state index contributed by atoms with van der Waals surface area (Å²) >= 11 is 0. The van der Waals surface area contributed by atoms with E-state index in [0.717, 1.165) is 30.1 Å². The molecule has 26 heavy (non-hydrogen) atoms. The highest BCUT2D eigenvalue weighted by molar-refractivity contribution is 5.76. The van der Waals surface area contributed by atoms with Crippen LogP contribution in [0.5, 0.6) is 5.75 Å². The average molecular weight is 357 g/mol. The molecular formula is C19H23N3O4. The summed E-state index contributed by atoms with van der Waals surface area (Å²) in [5.74, 6) is -0.0107. The lowest BCUT2D eigenvalue weighted by molar-refractivity contribution is -0.137. The molecule has 2 heterocycles. The average Bonchev–Trinajstić information content (AvgIpc) is 2.91. The first-order valence-electron chi connectivity index (χ1n) is 8.85. The minimum absolute atomic E-state index is 0.0580. The summed E-state index contributed by atoms with van der Waals surface area (Å²) in [4.78, 5) is 25.1. The Morgan fingerprint density at radius 1 is 1.15 bits per heavy atom. The fraction of sp³-hybridized carbons (Fsp3) is 0.421. The molecule has 3 rings (SSSR count). The van der Waals surface area contributed by atoms with E-state index in [9.17, 15) is 9.59 Å². The number of ether oxygens (including phenoxy) is 1. The maximum absolute atomic E-state index is 12.5. The summed E-state index contributed by atoms with van der Waals surface area (Å²) in [5, 5.41) is 13.3. The van der Waals surface area contributed by atoms with Crippen molar-refractivity contribution in [1.29, 1.82) is 0 Å². The van der Waals surface area contributed by atoms with Gasteiger partial charge >= 0.3 is 5.97 Å². The van der Waals surface area contributed by atoms with Crippen LogP contribution < -0.4 is 4.74 Å². The van der Waals surface area contributed by atoms with Gasteiger partial charge in [-0.05, 0) is 24.6 Å². The van der Waals surface area contributed by atoms with Crippen molar-refractivity contribution in [3.05, 3.63) is 47.8 Å². The van der Waals surface area contributed by atoms with Crippen LogP contribution in [0.4, 0.5) is 0 Å². The zero-order chi connectivity index (χ0) is 18.4. The maximum atomic E-state index is 12.5. The van der Waals surface area contributed by atoms with E-state index in [-0.39, 0.29) is 12.3 Å². The van der Waals surface area contributed by atoms with Gasteiger partial charge in [0.05, 0.1) is 37.4 Å². The molecule has 0 radical (unpaired) electrons. The third-order valence-corrected chi connectivity index (χ3v) is 4.34. The zero-order valence-electron chi connectivity index (χ0n) is 14.6. The van der Waals surface area contributed by atoms with Gasteiger partial charge in [-0.3, -0.25) is 14.3 Å². The van der Waals surface area contributed by atoms with E-state index in [1.54, 1.807) is 0 Å². The van der Waals surface area contributed by atoms with Crippen LogP contribution in [0.3, 0.4) is 0 Å². The largest absolute Gasteiger partial charge is 0.493 e. The highest BCUT2D eigenvalue weighted by atomic mass is 16.5. The molecule has 7 heteroatoms. The normalized spacial score (nSPS) is 13.8. The molecule has 0 saturated heterocycles. The number of carbonyl (C=O) groups excluding carboxylic acids is 1. The minimum Gasteiger partial charge on any atom is -0.493 e. The van der Waals surface area contributed by atoms with Gasteiger partial charge in [-0.2, -0.15) is 5.10 Å². The Bertz CT molecular complexity index is 757. The molecule has 1 amide bonds. The molecule has 1 aliphatic heterocycles. The van der Waals surface area contributed by atoms with E-state index in [0.29, 0.717) is 32.5 Å². The molecule has 0 fully saturated rings. The first-order valence-corrected chi connectivity index (χ1v) is 8.85. The lowest BCUT2D eigenvalue weighted by atomic mass is 10.2. The van der Waals surface area contributed by atoms with Crippen LogP contribution in [-0.2, 0) is 29.1 Å². The Morgan fingerprint density at radius 2 is 1.96 bits per heavy atom. The molecule has 1 aromatic heterocycles. The van der Waals surface area contributed by atoms with Gasteiger partial charge < -0.3 is 14.7 Å². The first kappa shape index (κ1) is 18.0. The molecule has 0 bridgehead atoms. The Labute approximate surface area is 152 Å². The van der Waals surface area contributed by atoms with Crippen LogP contribution in [-0.4, -0.2) is 44.8 Å². The third-order valence-electron chi connectivity index (χ3n) is 4.34. The highest BCUT2D eigenvalue weighted by Crippen LogP contribution is 2.16. The molecule has 0 aliphatic carbocycles. The quantitative estimate of drug-likeness (QED) is 0.820. The van der Waals surface area contributed by atoms with Crippen molar-refractivity contribution in [2.45, 2.75) is 38.8 Å². The van der Waals surface area contributed by atoms with Gasteiger partial charge in [0.1, 0.15) is 5.75 Å². The van der Waals surface area contributed by atoms with Crippen LogP contribution >= 0.6 is 0 Å². The number of carboxylic acids is 1. The molecule has 7 nitrogen and oxygen atoms in total. The SMILES string of the molecule is O=C(O)CCc1cc2n(n1)CCCN(C(=O)CCOc1ccccc1)C2.